The smallest absolute Gasteiger partial charge is 0.0630 e. The quantitative estimate of drug-likeness (QED) is 0.777. The SMILES string of the molecule is COCC(CNC1CC1)N(C)Cc1ccccc1C. The lowest BCUT2D eigenvalue weighted by Gasteiger charge is -2.28. The van der Waals surface area contributed by atoms with Crippen molar-refractivity contribution in [3.8, 4) is 0 Å². The maximum atomic E-state index is 5.36. The third kappa shape index (κ3) is 4.60. The van der Waals surface area contributed by atoms with Crippen LogP contribution in [0.3, 0.4) is 0 Å². The summed E-state index contributed by atoms with van der Waals surface area (Å²) in [7, 11) is 3.97. The van der Waals surface area contributed by atoms with E-state index in [0.717, 1.165) is 25.7 Å². The molecule has 3 nitrogen and oxygen atoms in total. The van der Waals surface area contributed by atoms with Crippen LogP contribution in [0.5, 0.6) is 0 Å². The van der Waals surface area contributed by atoms with Gasteiger partial charge in [-0.1, -0.05) is 24.3 Å². The van der Waals surface area contributed by atoms with Gasteiger partial charge < -0.3 is 10.1 Å². The number of hydrogen-bond donors (Lipinski definition) is 1. The Morgan fingerprint density at radius 1 is 1.37 bits per heavy atom. The molecule has 3 heteroatoms. The number of rotatable bonds is 8. The van der Waals surface area contributed by atoms with Gasteiger partial charge in [-0.3, -0.25) is 4.90 Å². The van der Waals surface area contributed by atoms with Gasteiger partial charge in [0, 0.05) is 32.3 Å². The first-order chi connectivity index (χ1) is 9.20. The van der Waals surface area contributed by atoms with E-state index in [1.54, 1.807) is 7.11 Å². The summed E-state index contributed by atoms with van der Waals surface area (Å²) in [6.45, 7) is 4.95. The number of methoxy groups -OCH3 is 1. The van der Waals surface area contributed by atoms with Gasteiger partial charge in [-0.2, -0.15) is 0 Å². The van der Waals surface area contributed by atoms with Crippen LogP contribution in [0.4, 0.5) is 0 Å². The van der Waals surface area contributed by atoms with Gasteiger partial charge in [-0.05, 0) is 37.9 Å². The fourth-order valence-corrected chi connectivity index (χ4v) is 2.31. The maximum Gasteiger partial charge on any atom is 0.0630 e. The summed E-state index contributed by atoms with van der Waals surface area (Å²) < 4.78 is 5.36. The maximum absolute atomic E-state index is 5.36. The van der Waals surface area contributed by atoms with E-state index in [0.29, 0.717) is 6.04 Å². The third-order valence-corrected chi connectivity index (χ3v) is 3.88. The molecule has 0 radical (unpaired) electrons. The number of ether oxygens (including phenoxy) is 1. The molecule has 0 saturated heterocycles. The van der Waals surface area contributed by atoms with E-state index in [-0.39, 0.29) is 0 Å². The molecular formula is C16H26N2O. The van der Waals surface area contributed by atoms with Crippen molar-refractivity contribution in [3.63, 3.8) is 0 Å². The highest BCUT2D eigenvalue weighted by atomic mass is 16.5. The standard InChI is InChI=1S/C16H26N2O/c1-13-6-4-5-7-14(13)11-18(2)16(12-19-3)10-17-15-8-9-15/h4-7,15-17H,8-12H2,1-3H3. The number of likely N-dealkylation sites (N-methyl/N-ethyl adjacent to an activating group) is 1. The second kappa shape index (κ2) is 7.04. The number of nitrogens with zero attached hydrogens (tertiary/aromatic N) is 1. The Balaban J connectivity index is 1.89. The lowest BCUT2D eigenvalue weighted by atomic mass is 10.1. The molecule has 1 aromatic carbocycles. The molecule has 1 fully saturated rings. The Morgan fingerprint density at radius 2 is 2.11 bits per heavy atom. The van der Waals surface area contributed by atoms with E-state index >= 15 is 0 Å². The molecular weight excluding hydrogens is 236 g/mol. The molecule has 0 spiro atoms. The van der Waals surface area contributed by atoms with Crippen LogP contribution >= 0.6 is 0 Å². The van der Waals surface area contributed by atoms with Gasteiger partial charge in [-0.25, -0.2) is 0 Å². The zero-order valence-electron chi connectivity index (χ0n) is 12.4. The lowest BCUT2D eigenvalue weighted by molar-refractivity contribution is 0.101. The van der Waals surface area contributed by atoms with Crippen LogP contribution < -0.4 is 5.32 Å². The molecule has 2 rings (SSSR count). The molecule has 0 amide bonds. The van der Waals surface area contributed by atoms with Crippen molar-refractivity contribution in [1.29, 1.82) is 0 Å². The normalized spacial score (nSPS) is 16.8. The predicted octanol–water partition coefficient (Wildman–Crippen LogP) is 2.19. The van der Waals surface area contributed by atoms with Crippen LogP contribution in [-0.4, -0.2) is 44.3 Å². The fraction of sp³-hybridized carbons (Fsp3) is 0.625. The second-order valence-electron chi connectivity index (χ2n) is 5.63. The van der Waals surface area contributed by atoms with Crippen molar-refractivity contribution in [2.75, 3.05) is 27.3 Å². The molecule has 1 atom stereocenters. The average Bonchev–Trinajstić information content (AvgIpc) is 3.21. The Morgan fingerprint density at radius 3 is 2.74 bits per heavy atom. The second-order valence-corrected chi connectivity index (χ2v) is 5.63. The van der Waals surface area contributed by atoms with Crippen molar-refractivity contribution in [2.45, 2.75) is 38.4 Å². The molecule has 1 unspecified atom stereocenters. The Bertz CT molecular complexity index is 390. The van der Waals surface area contributed by atoms with E-state index in [9.17, 15) is 0 Å². The Kier molecular flexibility index (Phi) is 5.37. The van der Waals surface area contributed by atoms with Crippen LogP contribution in [-0.2, 0) is 11.3 Å². The topological polar surface area (TPSA) is 24.5 Å². The van der Waals surface area contributed by atoms with Crippen LogP contribution in [0, 0.1) is 6.92 Å². The fourth-order valence-electron chi connectivity index (χ4n) is 2.31. The van der Waals surface area contributed by atoms with Gasteiger partial charge in [-0.15, -0.1) is 0 Å². The minimum absolute atomic E-state index is 0.435. The highest BCUT2D eigenvalue weighted by molar-refractivity contribution is 5.25. The van der Waals surface area contributed by atoms with Crippen molar-refractivity contribution in [3.05, 3.63) is 35.4 Å². The Hall–Kier alpha value is -0.900. The van der Waals surface area contributed by atoms with Gasteiger partial charge in [0.15, 0.2) is 0 Å². The van der Waals surface area contributed by atoms with Crippen molar-refractivity contribution >= 4 is 0 Å². The number of hydrogen-bond acceptors (Lipinski definition) is 3. The molecule has 106 valence electrons. The van der Waals surface area contributed by atoms with Crippen molar-refractivity contribution in [2.24, 2.45) is 0 Å². The lowest BCUT2D eigenvalue weighted by Crippen LogP contribution is -2.43. The first-order valence-corrected chi connectivity index (χ1v) is 7.17. The predicted molar refractivity (Wildman–Crippen MR) is 79.3 cm³/mol. The summed E-state index contributed by atoms with van der Waals surface area (Å²) in [6.07, 6.45) is 2.67. The van der Waals surface area contributed by atoms with E-state index in [1.165, 1.54) is 24.0 Å². The molecule has 1 aliphatic carbocycles. The summed E-state index contributed by atoms with van der Waals surface area (Å²) >= 11 is 0. The number of aryl methyl sites for hydroxylation is 1. The van der Waals surface area contributed by atoms with E-state index in [4.69, 9.17) is 4.74 Å². The number of nitrogens with one attached hydrogen (secondary N) is 1. The van der Waals surface area contributed by atoms with Crippen LogP contribution in [0.2, 0.25) is 0 Å². The summed E-state index contributed by atoms with van der Waals surface area (Å²) in [6, 6.07) is 9.79. The molecule has 1 aromatic rings. The zero-order chi connectivity index (χ0) is 13.7. The van der Waals surface area contributed by atoms with Gasteiger partial charge >= 0.3 is 0 Å². The monoisotopic (exact) mass is 262 g/mol. The van der Waals surface area contributed by atoms with Gasteiger partial charge in [0.1, 0.15) is 0 Å². The van der Waals surface area contributed by atoms with Gasteiger partial charge in [0.25, 0.3) is 0 Å². The number of benzene rings is 1. The summed E-state index contributed by atoms with van der Waals surface area (Å²) in [5, 5.41) is 3.60. The van der Waals surface area contributed by atoms with E-state index in [1.807, 2.05) is 0 Å². The molecule has 0 heterocycles. The summed E-state index contributed by atoms with van der Waals surface area (Å²) in [5.41, 5.74) is 2.76. The van der Waals surface area contributed by atoms with Crippen molar-refractivity contribution < 1.29 is 4.74 Å². The first-order valence-electron chi connectivity index (χ1n) is 7.17. The molecule has 0 bridgehead atoms. The van der Waals surface area contributed by atoms with Crippen LogP contribution in [0.25, 0.3) is 0 Å². The first kappa shape index (κ1) is 14.5. The summed E-state index contributed by atoms with van der Waals surface area (Å²) in [4.78, 5) is 2.39. The minimum atomic E-state index is 0.435. The highest BCUT2D eigenvalue weighted by Gasteiger charge is 2.23. The minimum Gasteiger partial charge on any atom is -0.383 e. The molecule has 19 heavy (non-hydrogen) atoms. The van der Waals surface area contributed by atoms with E-state index < -0.39 is 0 Å². The summed E-state index contributed by atoms with van der Waals surface area (Å²) in [5.74, 6) is 0. The third-order valence-electron chi connectivity index (χ3n) is 3.88. The highest BCUT2D eigenvalue weighted by Crippen LogP contribution is 2.19. The van der Waals surface area contributed by atoms with Gasteiger partial charge in [0.2, 0.25) is 0 Å². The average molecular weight is 262 g/mol. The largest absolute Gasteiger partial charge is 0.383 e. The molecule has 1 saturated carbocycles. The van der Waals surface area contributed by atoms with Crippen LogP contribution in [0.1, 0.15) is 24.0 Å². The zero-order valence-corrected chi connectivity index (χ0v) is 12.4. The molecule has 0 aliphatic heterocycles. The van der Waals surface area contributed by atoms with Crippen LogP contribution in [0.15, 0.2) is 24.3 Å². The molecule has 1 aliphatic rings. The molecule has 1 N–H and O–H groups in total. The van der Waals surface area contributed by atoms with Crippen molar-refractivity contribution in [1.82, 2.24) is 10.2 Å². The Labute approximate surface area is 116 Å². The van der Waals surface area contributed by atoms with E-state index in [2.05, 4.69) is 48.5 Å². The van der Waals surface area contributed by atoms with Gasteiger partial charge in [0.05, 0.1) is 6.61 Å². The molecule has 0 aromatic heterocycles.